The molecule has 112 valence electrons. The van der Waals surface area contributed by atoms with Crippen LogP contribution < -0.4 is 0 Å². The van der Waals surface area contributed by atoms with Crippen LogP contribution in [0.25, 0.3) is 11.5 Å². The van der Waals surface area contributed by atoms with Crippen LogP contribution in [0.15, 0.2) is 52.1 Å². The van der Waals surface area contributed by atoms with E-state index < -0.39 is 0 Å². The Morgan fingerprint density at radius 3 is 2.59 bits per heavy atom. The van der Waals surface area contributed by atoms with Crippen LogP contribution in [0.4, 0.5) is 0 Å². The smallest absolute Gasteiger partial charge is 0.277 e. The van der Waals surface area contributed by atoms with Crippen LogP contribution in [0.2, 0.25) is 15.1 Å². The van der Waals surface area contributed by atoms with Gasteiger partial charge in [0.15, 0.2) is 0 Å². The van der Waals surface area contributed by atoms with Gasteiger partial charge in [0, 0.05) is 16.3 Å². The van der Waals surface area contributed by atoms with Crippen molar-refractivity contribution in [1.29, 1.82) is 0 Å². The van der Waals surface area contributed by atoms with E-state index in [4.69, 9.17) is 39.2 Å². The van der Waals surface area contributed by atoms with E-state index in [0.717, 1.165) is 11.1 Å². The molecule has 0 aliphatic heterocycles. The Labute approximate surface area is 146 Å². The van der Waals surface area contributed by atoms with Crippen molar-refractivity contribution in [2.75, 3.05) is 0 Å². The summed E-state index contributed by atoms with van der Waals surface area (Å²) in [6, 6.07) is 12.8. The lowest BCUT2D eigenvalue weighted by molar-refractivity contribution is 0.466. The van der Waals surface area contributed by atoms with Crippen molar-refractivity contribution in [2.45, 2.75) is 11.0 Å². The van der Waals surface area contributed by atoms with Crippen molar-refractivity contribution in [1.82, 2.24) is 10.2 Å². The van der Waals surface area contributed by atoms with Crippen molar-refractivity contribution in [2.24, 2.45) is 0 Å². The van der Waals surface area contributed by atoms with Crippen LogP contribution in [-0.2, 0) is 5.75 Å². The first kappa shape index (κ1) is 15.7. The number of hydrogen-bond acceptors (Lipinski definition) is 4. The monoisotopic (exact) mass is 370 g/mol. The van der Waals surface area contributed by atoms with Crippen molar-refractivity contribution < 1.29 is 4.42 Å². The molecule has 0 spiro atoms. The fraction of sp³-hybridized carbons (Fsp3) is 0.0667. The maximum atomic E-state index is 5.99. The molecule has 0 amide bonds. The van der Waals surface area contributed by atoms with Crippen molar-refractivity contribution >= 4 is 46.6 Å². The van der Waals surface area contributed by atoms with E-state index in [0.29, 0.717) is 31.9 Å². The predicted molar refractivity (Wildman–Crippen MR) is 90.8 cm³/mol. The van der Waals surface area contributed by atoms with Gasteiger partial charge in [0.25, 0.3) is 5.22 Å². The average molecular weight is 372 g/mol. The molecule has 0 fully saturated rings. The lowest BCUT2D eigenvalue weighted by Gasteiger charge is -2.00. The van der Waals surface area contributed by atoms with E-state index in [2.05, 4.69) is 10.2 Å². The molecule has 0 saturated carbocycles. The number of thioether (sulfide) groups is 1. The number of halogens is 3. The first-order valence-electron chi connectivity index (χ1n) is 6.28. The van der Waals surface area contributed by atoms with Crippen LogP contribution in [0.5, 0.6) is 0 Å². The highest BCUT2D eigenvalue weighted by Gasteiger charge is 2.10. The van der Waals surface area contributed by atoms with E-state index in [1.165, 1.54) is 11.8 Å². The minimum absolute atomic E-state index is 0.444. The van der Waals surface area contributed by atoms with Crippen LogP contribution in [0, 0.1) is 0 Å². The molecule has 0 aliphatic rings. The van der Waals surface area contributed by atoms with Gasteiger partial charge < -0.3 is 4.42 Å². The molecule has 3 nitrogen and oxygen atoms in total. The van der Waals surface area contributed by atoms with E-state index >= 15 is 0 Å². The number of nitrogens with zero attached hydrogens (tertiary/aromatic N) is 2. The maximum absolute atomic E-state index is 5.99. The molecule has 0 radical (unpaired) electrons. The number of benzene rings is 2. The summed E-state index contributed by atoms with van der Waals surface area (Å²) in [5.74, 6) is 1.10. The van der Waals surface area contributed by atoms with Gasteiger partial charge in [-0.1, -0.05) is 58.7 Å². The zero-order valence-electron chi connectivity index (χ0n) is 11.1. The van der Waals surface area contributed by atoms with Crippen LogP contribution in [0.1, 0.15) is 5.56 Å². The van der Waals surface area contributed by atoms with Gasteiger partial charge >= 0.3 is 0 Å². The molecule has 3 rings (SSSR count). The van der Waals surface area contributed by atoms with E-state index in [9.17, 15) is 0 Å². The first-order chi connectivity index (χ1) is 10.6. The second kappa shape index (κ2) is 6.92. The Balaban J connectivity index is 1.70. The topological polar surface area (TPSA) is 38.9 Å². The molecule has 0 saturated heterocycles. The van der Waals surface area contributed by atoms with Gasteiger partial charge in [-0.25, -0.2) is 0 Å². The standard InChI is InChI=1S/C15H9Cl3N2OS/c16-11-3-1-2-10(7-11)14-19-20-15(21-14)22-8-9-4-5-12(17)13(18)6-9/h1-7H,8H2. The molecule has 0 atom stereocenters. The zero-order valence-corrected chi connectivity index (χ0v) is 14.2. The summed E-state index contributed by atoms with van der Waals surface area (Å²) < 4.78 is 5.62. The minimum atomic E-state index is 0.444. The molecular formula is C15H9Cl3N2OS. The summed E-state index contributed by atoms with van der Waals surface area (Å²) in [6.07, 6.45) is 0. The zero-order chi connectivity index (χ0) is 15.5. The summed E-state index contributed by atoms with van der Waals surface area (Å²) in [6.45, 7) is 0. The summed E-state index contributed by atoms with van der Waals surface area (Å²) >= 11 is 19.3. The van der Waals surface area contributed by atoms with Gasteiger partial charge in [-0.2, -0.15) is 0 Å². The van der Waals surface area contributed by atoms with Gasteiger partial charge in [-0.05, 0) is 35.9 Å². The Kier molecular flexibility index (Phi) is 4.93. The molecule has 0 unspecified atom stereocenters. The molecule has 3 aromatic rings. The second-order valence-electron chi connectivity index (χ2n) is 4.42. The minimum Gasteiger partial charge on any atom is -0.411 e. The van der Waals surface area contributed by atoms with Gasteiger partial charge in [-0.3, -0.25) is 0 Å². The SMILES string of the molecule is Clc1cccc(-c2nnc(SCc3ccc(Cl)c(Cl)c3)o2)c1. The Morgan fingerprint density at radius 1 is 0.955 bits per heavy atom. The van der Waals surface area contributed by atoms with Crippen LogP contribution in [0.3, 0.4) is 0 Å². The van der Waals surface area contributed by atoms with Gasteiger partial charge in [0.1, 0.15) is 0 Å². The van der Waals surface area contributed by atoms with Crippen molar-refractivity contribution in [3.05, 3.63) is 63.1 Å². The molecule has 7 heteroatoms. The fourth-order valence-corrected chi connectivity index (χ4v) is 3.00. The Hall–Kier alpha value is -1.20. The fourth-order valence-electron chi connectivity index (χ4n) is 1.78. The number of aromatic nitrogens is 2. The van der Waals surface area contributed by atoms with E-state index in [1.54, 1.807) is 18.2 Å². The Morgan fingerprint density at radius 2 is 1.82 bits per heavy atom. The van der Waals surface area contributed by atoms with Crippen molar-refractivity contribution in [3.8, 4) is 11.5 Å². The normalized spacial score (nSPS) is 10.9. The van der Waals surface area contributed by atoms with Crippen LogP contribution >= 0.6 is 46.6 Å². The molecule has 0 aliphatic carbocycles. The molecule has 1 heterocycles. The van der Waals surface area contributed by atoms with Gasteiger partial charge in [-0.15, -0.1) is 10.2 Å². The molecule has 2 aromatic carbocycles. The van der Waals surface area contributed by atoms with Gasteiger partial charge in [0.05, 0.1) is 10.0 Å². The highest BCUT2D eigenvalue weighted by Crippen LogP contribution is 2.29. The molecule has 0 N–H and O–H groups in total. The highest BCUT2D eigenvalue weighted by molar-refractivity contribution is 7.98. The van der Waals surface area contributed by atoms with Crippen molar-refractivity contribution in [3.63, 3.8) is 0 Å². The molecule has 22 heavy (non-hydrogen) atoms. The van der Waals surface area contributed by atoms with E-state index in [1.807, 2.05) is 24.3 Å². The average Bonchev–Trinajstić information content (AvgIpc) is 2.97. The van der Waals surface area contributed by atoms with Crippen LogP contribution in [-0.4, -0.2) is 10.2 Å². The second-order valence-corrected chi connectivity index (χ2v) is 6.60. The maximum Gasteiger partial charge on any atom is 0.277 e. The van der Waals surface area contributed by atoms with E-state index in [-0.39, 0.29) is 0 Å². The predicted octanol–water partition coefficient (Wildman–Crippen LogP) is 5.99. The third-order valence-electron chi connectivity index (χ3n) is 2.82. The summed E-state index contributed by atoms with van der Waals surface area (Å²) in [5, 5.41) is 10.2. The van der Waals surface area contributed by atoms with Gasteiger partial charge in [0.2, 0.25) is 5.89 Å². The lowest BCUT2D eigenvalue weighted by Crippen LogP contribution is -1.81. The number of rotatable bonds is 4. The quantitative estimate of drug-likeness (QED) is 0.528. The summed E-state index contributed by atoms with van der Waals surface area (Å²) in [7, 11) is 0. The third kappa shape index (κ3) is 3.76. The molecular weight excluding hydrogens is 363 g/mol. The largest absolute Gasteiger partial charge is 0.411 e. The Bertz CT molecular complexity index is 807. The summed E-state index contributed by atoms with van der Waals surface area (Å²) in [5.41, 5.74) is 1.82. The lowest BCUT2D eigenvalue weighted by atomic mass is 10.2. The summed E-state index contributed by atoms with van der Waals surface area (Å²) in [4.78, 5) is 0. The third-order valence-corrected chi connectivity index (χ3v) is 4.69. The number of hydrogen-bond donors (Lipinski definition) is 0. The molecule has 0 bridgehead atoms. The first-order valence-corrected chi connectivity index (χ1v) is 8.40. The molecule has 1 aromatic heterocycles. The highest BCUT2D eigenvalue weighted by atomic mass is 35.5.